The molecule has 0 bridgehead atoms. The largest absolute Gasteiger partial charge is 0.354 e. The van der Waals surface area contributed by atoms with Gasteiger partial charge in [-0.1, -0.05) is 32.4 Å². The smallest absolute Gasteiger partial charge is 0.251 e. The van der Waals surface area contributed by atoms with Crippen molar-refractivity contribution in [2.24, 2.45) is 17.6 Å². The summed E-state index contributed by atoms with van der Waals surface area (Å²) in [6.07, 6.45) is 0.572. The van der Waals surface area contributed by atoms with Crippen molar-refractivity contribution < 1.29 is 9.59 Å². The van der Waals surface area contributed by atoms with Crippen molar-refractivity contribution in [1.29, 1.82) is 0 Å². The number of hydrogen-bond donors (Lipinski definition) is 3. The summed E-state index contributed by atoms with van der Waals surface area (Å²) in [4.78, 5) is 24.6. The number of amides is 2. The quantitative estimate of drug-likeness (QED) is 0.678. The molecule has 0 aromatic heterocycles. The Morgan fingerprint density at radius 1 is 1.17 bits per heavy atom. The SMILES string of the molecule is CC(C)CC(NC(=O)c1ccc(Cl)cc1)C(=O)NCC(C)CN. The van der Waals surface area contributed by atoms with Crippen LogP contribution in [0.2, 0.25) is 5.02 Å². The minimum Gasteiger partial charge on any atom is -0.354 e. The Kier molecular flexibility index (Phi) is 8.06. The minimum absolute atomic E-state index is 0.179. The second-order valence-corrected chi connectivity index (χ2v) is 6.68. The second-order valence-electron chi connectivity index (χ2n) is 6.25. The molecule has 0 radical (unpaired) electrons. The molecule has 0 saturated carbocycles. The molecule has 0 aliphatic rings. The highest BCUT2D eigenvalue weighted by molar-refractivity contribution is 6.30. The lowest BCUT2D eigenvalue weighted by molar-refractivity contribution is -0.123. The first-order chi connectivity index (χ1) is 10.8. The third-order valence-electron chi connectivity index (χ3n) is 3.46. The van der Waals surface area contributed by atoms with Crippen LogP contribution in [0.4, 0.5) is 0 Å². The lowest BCUT2D eigenvalue weighted by Crippen LogP contribution is -2.48. The standard InChI is InChI=1S/C17H26ClN3O2/c1-11(2)8-15(17(23)20-10-12(3)9-19)21-16(22)13-4-6-14(18)7-5-13/h4-7,11-12,15H,8-10,19H2,1-3H3,(H,20,23)(H,21,22). The predicted molar refractivity (Wildman–Crippen MR) is 93.4 cm³/mol. The van der Waals surface area contributed by atoms with E-state index in [2.05, 4.69) is 10.6 Å². The van der Waals surface area contributed by atoms with E-state index >= 15 is 0 Å². The van der Waals surface area contributed by atoms with Gasteiger partial charge in [-0.2, -0.15) is 0 Å². The molecule has 0 fully saturated rings. The number of benzene rings is 1. The van der Waals surface area contributed by atoms with E-state index in [0.717, 1.165) is 0 Å². The number of rotatable bonds is 8. The van der Waals surface area contributed by atoms with E-state index in [9.17, 15) is 9.59 Å². The summed E-state index contributed by atoms with van der Waals surface area (Å²) in [5.41, 5.74) is 6.03. The van der Waals surface area contributed by atoms with E-state index in [4.69, 9.17) is 17.3 Å². The van der Waals surface area contributed by atoms with Crippen LogP contribution in [-0.2, 0) is 4.79 Å². The average Bonchev–Trinajstić information content (AvgIpc) is 2.51. The lowest BCUT2D eigenvalue weighted by atomic mass is 10.0. The lowest BCUT2D eigenvalue weighted by Gasteiger charge is -2.21. The topological polar surface area (TPSA) is 84.2 Å². The Morgan fingerprint density at radius 3 is 2.30 bits per heavy atom. The number of carbonyl (C=O) groups excluding carboxylic acids is 2. The van der Waals surface area contributed by atoms with Crippen LogP contribution in [0.5, 0.6) is 0 Å². The van der Waals surface area contributed by atoms with Gasteiger partial charge in [0.1, 0.15) is 6.04 Å². The Labute approximate surface area is 143 Å². The molecule has 128 valence electrons. The Hall–Kier alpha value is -1.59. The number of carbonyl (C=O) groups is 2. The maximum atomic E-state index is 12.3. The van der Waals surface area contributed by atoms with E-state index in [1.165, 1.54) is 0 Å². The summed E-state index contributed by atoms with van der Waals surface area (Å²) in [7, 11) is 0. The molecule has 23 heavy (non-hydrogen) atoms. The second kappa shape index (κ2) is 9.53. The Balaban J connectivity index is 2.71. The van der Waals surface area contributed by atoms with E-state index in [-0.39, 0.29) is 23.7 Å². The molecule has 0 heterocycles. The molecule has 6 heteroatoms. The van der Waals surface area contributed by atoms with Gasteiger partial charge in [-0.05, 0) is 49.1 Å². The van der Waals surface area contributed by atoms with Gasteiger partial charge >= 0.3 is 0 Å². The van der Waals surface area contributed by atoms with Crippen molar-refractivity contribution in [3.05, 3.63) is 34.9 Å². The first-order valence-electron chi connectivity index (χ1n) is 7.87. The first-order valence-corrected chi connectivity index (χ1v) is 8.25. The van der Waals surface area contributed by atoms with Crippen LogP contribution >= 0.6 is 11.6 Å². The molecule has 2 unspecified atom stereocenters. The summed E-state index contributed by atoms with van der Waals surface area (Å²) in [5, 5.41) is 6.21. The zero-order valence-electron chi connectivity index (χ0n) is 13.9. The molecule has 1 rings (SSSR count). The maximum Gasteiger partial charge on any atom is 0.251 e. The van der Waals surface area contributed by atoms with Gasteiger partial charge in [0.25, 0.3) is 5.91 Å². The molecule has 2 amide bonds. The van der Waals surface area contributed by atoms with E-state index in [0.29, 0.717) is 30.1 Å². The number of halogens is 1. The highest BCUT2D eigenvalue weighted by Crippen LogP contribution is 2.11. The van der Waals surface area contributed by atoms with Gasteiger partial charge in [0.15, 0.2) is 0 Å². The first kappa shape index (κ1) is 19.5. The van der Waals surface area contributed by atoms with Crippen LogP contribution in [0.3, 0.4) is 0 Å². The third-order valence-corrected chi connectivity index (χ3v) is 3.71. The van der Waals surface area contributed by atoms with Crippen LogP contribution in [0.25, 0.3) is 0 Å². The van der Waals surface area contributed by atoms with Crippen molar-refractivity contribution in [3.8, 4) is 0 Å². The summed E-state index contributed by atoms with van der Waals surface area (Å²) in [6, 6.07) is 6.01. The molecule has 1 aromatic rings. The molecule has 0 aliphatic heterocycles. The van der Waals surface area contributed by atoms with E-state index in [1.54, 1.807) is 24.3 Å². The van der Waals surface area contributed by atoms with Gasteiger partial charge in [0.2, 0.25) is 5.91 Å². The molecular formula is C17H26ClN3O2. The number of hydrogen-bond acceptors (Lipinski definition) is 3. The van der Waals surface area contributed by atoms with Crippen molar-refractivity contribution >= 4 is 23.4 Å². The third kappa shape index (κ3) is 7.01. The highest BCUT2D eigenvalue weighted by Gasteiger charge is 2.22. The van der Waals surface area contributed by atoms with Crippen molar-refractivity contribution in [2.75, 3.05) is 13.1 Å². The van der Waals surface area contributed by atoms with Gasteiger partial charge in [0, 0.05) is 17.1 Å². The van der Waals surface area contributed by atoms with Gasteiger partial charge in [-0.15, -0.1) is 0 Å². The molecule has 0 spiro atoms. The van der Waals surface area contributed by atoms with Crippen LogP contribution < -0.4 is 16.4 Å². The summed E-state index contributed by atoms with van der Waals surface area (Å²) in [6.45, 7) is 6.99. The fourth-order valence-electron chi connectivity index (χ4n) is 2.03. The molecule has 5 nitrogen and oxygen atoms in total. The van der Waals surface area contributed by atoms with Gasteiger partial charge in [-0.25, -0.2) is 0 Å². The Bertz CT molecular complexity index is 517. The van der Waals surface area contributed by atoms with Crippen molar-refractivity contribution in [3.63, 3.8) is 0 Å². The molecule has 2 atom stereocenters. The number of nitrogens with two attached hydrogens (primary N) is 1. The molecule has 0 saturated heterocycles. The fraction of sp³-hybridized carbons (Fsp3) is 0.529. The van der Waals surface area contributed by atoms with Crippen molar-refractivity contribution in [1.82, 2.24) is 10.6 Å². The van der Waals surface area contributed by atoms with Crippen LogP contribution in [0.15, 0.2) is 24.3 Å². The molecule has 4 N–H and O–H groups in total. The molecule has 0 aliphatic carbocycles. The Morgan fingerprint density at radius 2 is 1.78 bits per heavy atom. The monoisotopic (exact) mass is 339 g/mol. The summed E-state index contributed by atoms with van der Waals surface area (Å²) in [5.74, 6) is 0.0180. The van der Waals surface area contributed by atoms with Gasteiger partial charge in [0.05, 0.1) is 0 Å². The van der Waals surface area contributed by atoms with E-state index in [1.807, 2.05) is 20.8 Å². The van der Waals surface area contributed by atoms with Crippen LogP contribution in [-0.4, -0.2) is 30.9 Å². The zero-order chi connectivity index (χ0) is 17.4. The molecular weight excluding hydrogens is 314 g/mol. The van der Waals surface area contributed by atoms with Crippen molar-refractivity contribution in [2.45, 2.75) is 33.2 Å². The summed E-state index contributed by atoms with van der Waals surface area (Å²) < 4.78 is 0. The van der Waals surface area contributed by atoms with Gasteiger partial charge < -0.3 is 16.4 Å². The normalized spacial score (nSPS) is 13.5. The minimum atomic E-state index is -0.567. The van der Waals surface area contributed by atoms with Crippen LogP contribution in [0, 0.1) is 11.8 Å². The van der Waals surface area contributed by atoms with Gasteiger partial charge in [-0.3, -0.25) is 9.59 Å². The maximum absolute atomic E-state index is 12.3. The zero-order valence-corrected chi connectivity index (χ0v) is 14.7. The average molecular weight is 340 g/mol. The molecule has 1 aromatic carbocycles. The predicted octanol–water partition coefficient (Wildman–Crippen LogP) is 2.20. The highest BCUT2D eigenvalue weighted by atomic mass is 35.5. The number of nitrogens with one attached hydrogen (secondary N) is 2. The van der Waals surface area contributed by atoms with Crippen LogP contribution in [0.1, 0.15) is 37.6 Å². The fourth-order valence-corrected chi connectivity index (χ4v) is 2.15. The summed E-state index contributed by atoms with van der Waals surface area (Å²) >= 11 is 5.82. The van der Waals surface area contributed by atoms with E-state index < -0.39 is 6.04 Å².